The van der Waals surface area contributed by atoms with E-state index in [-0.39, 0.29) is 11.9 Å². The SMILES string of the molecule is CC(C)(C)OC(=O)N(C1CCCC1)[C@@H](C(N)=NO)c1ccccc1. The van der Waals surface area contributed by atoms with Gasteiger partial charge >= 0.3 is 6.09 Å². The van der Waals surface area contributed by atoms with Crippen molar-refractivity contribution in [3.8, 4) is 0 Å². The zero-order chi connectivity index (χ0) is 17.7. The van der Waals surface area contributed by atoms with Crippen molar-refractivity contribution in [2.24, 2.45) is 10.9 Å². The molecule has 1 aromatic carbocycles. The van der Waals surface area contributed by atoms with E-state index in [1.807, 2.05) is 51.1 Å². The van der Waals surface area contributed by atoms with Crippen molar-refractivity contribution in [2.75, 3.05) is 0 Å². The van der Waals surface area contributed by atoms with E-state index in [4.69, 9.17) is 10.5 Å². The highest BCUT2D eigenvalue weighted by Crippen LogP contribution is 2.33. The summed E-state index contributed by atoms with van der Waals surface area (Å²) < 4.78 is 5.60. The van der Waals surface area contributed by atoms with Crippen LogP contribution in [0, 0.1) is 0 Å². The number of amides is 1. The molecule has 0 aliphatic heterocycles. The van der Waals surface area contributed by atoms with Gasteiger partial charge in [-0.05, 0) is 39.2 Å². The van der Waals surface area contributed by atoms with Crippen LogP contribution in [0.25, 0.3) is 0 Å². The third-order valence-electron chi connectivity index (χ3n) is 4.11. The Kier molecular flexibility index (Phi) is 5.70. The average molecular weight is 333 g/mol. The van der Waals surface area contributed by atoms with Crippen LogP contribution >= 0.6 is 0 Å². The topological polar surface area (TPSA) is 88.2 Å². The van der Waals surface area contributed by atoms with Crippen LogP contribution in [-0.4, -0.2) is 33.7 Å². The minimum absolute atomic E-state index is 0.0149. The molecule has 6 nitrogen and oxygen atoms in total. The third kappa shape index (κ3) is 4.40. The van der Waals surface area contributed by atoms with Gasteiger partial charge in [-0.15, -0.1) is 0 Å². The molecule has 0 unspecified atom stereocenters. The lowest BCUT2D eigenvalue weighted by atomic mass is 10.0. The van der Waals surface area contributed by atoms with Crippen molar-refractivity contribution in [3.63, 3.8) is 0 Å². The van der Waals surface area contributed by atoms with Crippen LogP contribution in [0.3, 0.4) is 0 Å². The van der Waals surface area contributed by atoms with Gasteiger partial charge < -0.3 is 15.7 Å². The zero-order valence-corrected chi connectivity index (χ0v) is 14.6. The molecule has 6 heteroatoms. The minimum Gasteiger partial charge on any atom is -0.444 e. The maximum Gasteiger partial charge on any atom is 0.411 e. The molecular weight excluding hydrogens is 306 g/mol. The fourth-order valence-electron chi connectivity index (χ4n) is 3.13. The molecule has 1 fully saturated rings. The molecule has 0 bridgehead atoms. The van der Waals surface area contributed by atoms with E-state index < -0.39 is 17.7 Å². The second kappa shape index (κ2) is 7.55. The van der Waals surface area contributed by atoms with E-state index in [0.29, 0.717) is 0 Å². The molecule has 1 atom stereocenters. The summed E-state index contributed by atoms with van der Waals surface area (Å²) >= 11 is 0. The number of hydrogen-bond donors (Lipinski definition) is 2. The molecule has 24 heavy (non-hydrogen) atoms. The fraction of sp³-hybridized carbons (Fsp3) is 0.556. The van der Waals surface area contributed by atoms with Crippen LogP contribution in [0.4, 0.5) is 4.79 Å². The zero-order valence-electron chi connectivity index (χ0n) is 14.6. The fourth-order valence-corrected chi connectivity index (χ4v) is 3.13. The van der Waals surface area contributed by atoms with Gasteiger partial charge in [0.05, 0.1) is 0 Å². The summed E-state index contributed by atoms with van der Waals surface area (Å²) in [7, 11) is 0. The van der Waals surface area contributed by atoms with Crippen molar-refractivity contribution >= 4 is 11.9 Å². The standard InChI is InChI=1S/C18H27N3O3/c1-18(2,3)24-17(22)21(14-11-7-8-12-14)15(16(19)20-23)13-9-5-4-6-10-13/h4-6,9-10,14-15,23H,7-8,11-12H2,1-3H3,(H2,19,20)/t15-/m1/s1. The normalized spacial score (nSPS) is 17.5. The number of nitrogens with two attached hydrogens (primary N) is 1. The quantitative estimate of drug-likeness (QED) is 0.381. The lowest BCUT2D eigenvalue weighted by molar-refractivity contribution is 0.0113. The monoisotopic (exact) mass is 333 g/mol. The van der Waals surface area contributed by atoms with Gasteiger partial charge in [-0.25, -0.2) is 4.79 Å². The molecule has 0 saturated heterocycles. The maximum atomic E-state index is 12.9. The predicted octanol–water partition coefficient (Wildman–Crippen LogP) is 3.65. The minimum atomic E-state index is -0.644. The molecule has 1 aliphatic rings. The van der Waals surface area contributed by atoms with Gasteiger partial charge in [0.15, 0.2) is 5.84 Å². The van der Waals surface area contributed by atoms with Gasteiger partial charge in [-0.2, -0.15) is 0 Å². The lowest BCUT2D eigenvalue weighted by Crippen LogP contribution is -2.48. The number of amidine groups is 1. The van der Waals surface area contributed by atoms with E-state index >= 15 is 0 Å². The summed E-state index contributed by atoms with van der Waals surface area (Å²) in [5.74, 6) is -0.0149. The van der Waals surface area contributed by atoms with Crippen LogP contribution in [0.15, 0.2) is 35.5 Å². The number of rotatable bonds is 4. The second-order valence-corrected chi connectivity index (χ2v) is 7.16. The molecule has 0 radical (unpaired) electrons. The largest absolute Gasteiger partial charge is 0.444 e. The Morgan fingerprint density at radius 3 is 2.38 bits per heavy atom. The molecule has 0 spiro atoms. The summed E-state index contributed by atoms with van der Waals surface area (Å²) in [6.07, 6.45) is 3.46. The Morgan fingerprint density at radius 1 is 1.29 bits per heavy atom. The number of carbonyl (C=O) groups excluding carboxylic acids is 1. The van der Waals surface area contributed by atoms with Gasteiger partial charge in [0, 0.05) is 6.04 Å². The highest BCUT2D eigenvalue weighted by Gasteiger charge is 2.38. The summed E-state index contributed by atoms with van der Waals surface area (Å²) in [5, 5.41) is 12.4. The Hall–Kier alpha value is -2.24. The first-order valence-corrected chi connectivity index (χ1v) is 8.37. The van der Waals surface area contributed by atoms with Crippen LogP contribution in [0.2, 0.25) is 0 Å². The van der Waals surface area contributed by atoms with Crippen LogP contribution in [0.1, 0.15) is 58.1 Å². The molecule has 0 aromatic heterocycles. The maximum absolute atomic E-state index is 12.9. The van der Waals surface area contributed by atoms with Crippen molar-refractivity contribution in [1.29, 1.82) is 0 Å². The summed E-state index contributed by atoms with van der Waals surface area (Å²) in [5.41, 5.74) is 6.16. The van der Waals surface area contributed by atoms with Gasteiger partial charge in [-0.3, -0.25) is 4.90 Å². The smallest absolute Gasteiger partial charge is 0.411 e. The molecule has 1 aliphatic carbocycles. The Bertz CT molecular complexity index is 575. The lowest BCUT2D eigenvalue weighted by Gasteiger charge is -2.37. The molecule has 1 saturated carbocycles. The van der Waals surface area contributed by atoms with Gasteiger partial charge in [0.2, 0.25) is 0 Å². The number of nitrogens with zero attached hydrogens (tertiary/aromatic N) is 2. The van der Waals surface area contributed by atoms with Crippen LogP contribution in [-0.2, 0) is 4.74 Å². The number of ether oxygens (including phenoxy) is 1. The summed E-state index contributed by atoms with van der Waals surface area (Å²) in [6.45, 7) is 5.50. The Morgan fingerprint density at radius 2 is 1.88 bits per heavy atom. The highest BCUT2D eigenvalue weighted by atomic mass is 16.6. The van der Waals surface area contributed by atoms with Gasteiger partial charge in [-0.1, -0.05) is 48.3 Å². The molecule has 1 aromatic rings. The first kappa shape index (κ1) is 18.1. The second-order valence-electron chi connectivity index (χ2n) is 7.16. The number of benzene rings is 1. The number of hydrogen-bond acceptors (Lipinski definition) is 4. The van der Waals surface area contributed by atoms with Crippen LogP contribution in [0.5, 0.6) is 0 Å². The first-order chi connectivity index (χ1) is 11.3. The molecule has 132 valence electrons. The Balaban J connectivity index is 2.42. The van der Waals surface area contributed by atoms with Crippen molar-refractivity contribution < 1.29 is 14.7 Å². The highest BCUT2D eigenvalue weighted by molar-refractivity contribution is 5.89. The van der Waals surface area contributed by atoms with E-state index in [1.165, 1.54) is 0 Å². The predicted molar refractivity (Wildman–Crippen MR) is 92.9 cm³/mol. The van der Waals surface area contributed by atoms with Crippen molar-refractivity contribution in [3.05, 3.63) is 35.9 Å². The number of oxime groups is 1. The molecule has 3 N–H and O–H groups in total. The first-order valence-electron chi connectivity index (χ1n) is 8.37. The molecule has 1 amide bonds. The average Bonchev–Trinajstić information content (AvgIpc) is 3.04. The third-order valence-corrected chi connectivity index (χ3v) is 4.11. The van der Waals surface area contributed by atoms with Gasteiger partial charge in [0.1, 0.15) is 11.6 Å². The molecule has 0 heterocycles. The van der Waals surface area contributed by atoms with Crippen LogP contribution < -0.4 is 5.73 Å². The Labute approximate surface area is 143 Å². The molecule has 2 rings (SSSR count). The summed E-state index contributed by atoms with van der Waals surface area (Å²) in [4.78, 5) is 14.5. The summed E-state index contributed by atoms with van der Waals surface area (Å²) in [6, 6.07) is 8.74. The van der Waals surface area contributed by atoms with Crippen molar-refractivity contribution in [1.82, 2.24) is 4.90 Å². The van der Waals surface area contributed by atoms with E-state index in [1.54, 1.807) is 4.90 Å². The van der Waals surface area contributed by atoms with E-state index in [9.17, 15) is 10.0 Å². The molecular formula is C18H27N3O3. The van der Waals surface area contributed by atoms with Crippen molar-refractivity contribution in [2.45, 2.75) is 64.1 Å². The van der Waals surface area contributed by atoms with E-state index in [2.05, 4.69) is 5.16 Å². The number of carbonyl (C=O) groups is 1. The van der Waals surface area contributed by atoms with E-state index in [0.717, 1.165) is 31.2 Å². The van der Waals surface area contributed by atoms with Gasteiger partial charge in [0.25, 0.3) is 0 Å².